The van der Waals surface area contributed by atoms with Gasteiger partial charge in [0.2, 0.25) is 0 Å². The van der Waals surface area contributed by atoms with Crippen LogP contribution in [0.15, 0.2) is 23.4 Å². The van der Waals surface area contributed by atoms with Gasteiger partial charge < -0.3 is 15.8 Å². The van der Waals surface area contributed by atoms with E-state index in [0.29, 0.717) is 12.0 Å². The average Bonchev–Trinajstić information content (AvgIpc) is 2.46. The predicted molar refractivity (Wildman–Crippen MR) is 90.2 cm³/mol. The Labute approximate surface area is 128 Å². The van der Waals surface area contributed by atoms with Crippen molar-refractivity contribution in [2.45, 2.75) is 53.5 Å². The van der Waals surface area contributed by atoms with Crippen molar-refractivity contribution in [1.82, 2.24) is 0 Å². The normalized spacial score (nSPS) is 12.2. The van der Waals surface area contributed by atoms with Crippen molar-refractivity contribution in [2.75, 3.05) is 11.4 Å². The number of aryl methyl sites for hydroxylation is 1. The summed E-state index contributed by atoms with van der Waals surface area (Å²) >= 11 is 0. The van der Waals surface area contributed by atoms with Crippen LogP contribution in [0, 0.1) is 12.8 Å². The summed E-state index contributed by atoms with van der Waals surface area (Å²) in [6, 6.07) is 6.41. The molecule has 0 aromatic heterocycles. The molecule has 0 heterocycles. The first kappa shape index (κ1) is 17.3. The highest BCUT2D eigenvalue weighted by molar-refractivity contribution is 6.02. The van der Waals surface area contributed by atoms with Crippen molar-refractivity contribution in [1.29, 1.82) is 0 Å². The van der Waals surface area contributed by atoms with Gasteiger partial charge in [0.25, 0.3) is 0 Å². The van der Waals surface area contributed by atoms with Gasteiger partial charge in [-0.2, -0.15) is 0 Å². The lowest BCUT2D eigenvalue weighted by Crippen LogP contribution is -2.39. The molecule has 3 N–H and O–H groups in total. The molecule has 0 unspecified atom stereocenters. The second kappa shape index (κ2) is 7.91. The standard InChI is InChI=1S/C17H29N3O/c1-6-14(7-2)20(11-12(3)4)16-13(5)9-8-10-15(16)17(18)19-21/h8-10,12,14,21H,6-7,11H2,1-5H3,(H2,18,19). The molecule has 0 fully saturated rings. The Morgan fingerprint density at radius 3 is 2.38 bits per heavy atom. The second-order valence-corrected chi connectivity index (χ2v) is 5.97. The van der Waals surface area contributed by atoms with Crippen LogP contribution in [-0.4, -0.2) is 23.6 Å². The third-order valence-electron chi connectivity index (χ3n) is 3.85. The van der Waals surface area contributed by atoms with Crippen molar-refractivity contribution in [3.05, 3.63) is 29.3 Å². The lowest BCUT2D eigenvalue weighted by molar-refractivity contribution is 0.318. The number of hydrogen-bond donors (Lipinski definition) is 2. The van der Waals surface area contributed by atoms with E-state index in [1.807, 2.05) is 12.1 Å². The van der Waals surface area contributed by atoms with E-state index < -0.39 is 0 Å². The van der Waals surface area contributed by atoms with Crippen molar-refractivity contribution in [3.63, 3.8) is 0 Å². The number of hydrogen-bond acceptors (Lipinski definition) is 3. The lowest BCUT2D eigenvalue weighted by Gasteiger charge is -2.36. The first-order chi connectivity index (χ1) is 9.96. The topological polar surface area (TPSA) is 61.8 Å². The average molecular weight is 291 g/mol. The van der Waals surface area contributed by atoms with Crippen LogP contribution in [0.25, 0.3) is 0 Å². The molecule has 0 aliphatic carbocycles. The van der Waals surface area contributed by atoms with Gasteiger partial charge in [-0.3, -0.25) is 0 Å². The molecule has 0 saturated heterocycles. The van der Waals surface area contributed by atoms with E-state index in [2.05, 4.69) is 50.7 Å². The quantitative estimate of drug-likeness (QED) is 0.348. The fourth-order valence-electron chi connectivity index (χ4n) is 2.85. The van der Waals surface area contributed by atoms with Crippen LogP contribution in [0.4, 0.5) is 5.69 Å². The Morgan fingerprint density at radius 1 is 1.29 bits per heavy atom. The molecule has 1 rings (SSSR count). The van der Waals surface area contributed by atoms with Gasteiger partial charge in [-0.05, 0) is 37.3 Å². The first-order valence-corrected chi connectivity index (χ1v) is 7.80. The maximum Gasteiger partial charge on any atom is 0.172 e. The molecule has 0 bridgehead atoms. The Morgan fingerprint density at radius 2 is 1.90 bits per heavy atom. The highest BCUT2D eigenvalue weighted by Crippen LogP contribution is 2.29. The minimum atomic E-state index is 0.174. The number of para-hydroxylation sites is 1. The van der Waals surface area contributed by atoms with Crippen molar-refractivity contribution in [3.8, 4) is 0 Å². The fraction of sp³-hybridized carbons (Fsp3) is 0.588. The van der Waals surface area contributed by atoms with E-state index in [0.717, 1.165) is 36.2 Å². The number of rotatable bonds is 7. The minimum Gasteiger partial charge on any atom is -0.409 e. The molecule has 1 aromatic carbocycles. The van der Waals surface area contributed by atoms with Crippen molar-refractivity contribution >= 4 is 11.5 Å². The molecule has 0 amide bonds. The highest BCUT2D eigenvalue weighted by atomic mass is 16.4. The van der Waals surface area contributed by atoms with Gasteiger partial charge in [0, 0.05) is 18.2 Å². The molecule has 0 spiro atoms. The van der Waals surface area contributed by atoms with Gasteiger partial charge in [-0.25, -0.2) is 0 Å². The highest BCUT2D eigenvalue weighted by Gasteiger charge is 2.22. The molecular formula is C17H29N3O. The molecule has 1 aromatic rings. The minimum absolute atomic E-state index is 0.174. The predicted octanol–water partition coefficient (Wildman–Crippen LogP) is 3.74. The number of amidine groups is 1. The SMILES string of the molecule is CCC(CC)N(CC(C)C)c1c(C)cccc1/C(N)=N/O. The van der Waals surface area contributed by atoms with Crippen LogP contribution in [0.2, 0.25) is 0 Å². The molecule has 4 nitrogen and oxygen atoms in total. The van der Waals surface area contributed by atoms with Crippen LogP contribution < -0.4 is 10.6 Å². The van der Waals surface area contributed by atoms with Gasteiger partial charge >= 0.3 is 0 Å². The third kappa shape index (κ3) is 4.13. The molecule has 21 heavy (non-hydrogen) atoms. The van der Waals surface area contributed by atoms with Crippen LogP contribution in [-0.2, 0) is 0 Å². The second-order valence-electron chi connectivity index (χ2n) is 5.97. The van der Waals surface area contributed by atoms with Gasteiger partial charge in [-0.1, -0.05) is 45.0 Å². The molecule has 0 saturated carbocycles. The van der Waals surface area contributed by atoms with Crippen LogP contribution in [0.3, 0.4) is 0 Å². The summed E-state index contributed by atoms with van der Waals surface area (Å²) in [5.41, 5.74) is 8.95. The third-order valence-corrected chi connectivity index (χ3v) is 3.85. The van der Waals surface area contributed by atoms with Gasteiger partial charge in [0.1, 0.15) is 0 Å². The number of nitrogens with two attached hydrogens (primary N) is 1. The van der Waals surface area contributed by atoms with E-state index >= 15 is 0 Å². The summed E-state index contributed by atoms with van der Waals surface area (Å²) in [5.74, 6) is 0.721. The summed E-state index contributed by atoms with van der Waals surface area (Å²) in [5, 5.41) is 12.3. The zero-order valence-electron chi connectivity index (χ0n) is 13.9. The van der Waals surface area contributed by atoms with E-state index in [1.165, 1.54) is 0 Å². The molecule has 4 heteroatoms. The number of benzene rings is 1. The van der Waals surface area contributed by atoms with Crippen LogP contribution in [0.1, 0.15) is 51.7 Å². The zero-order chi connectivity index (χ0) is 16.0. The Bertz CT molecular complexity index is 479. The smallest absolute Gasteiger partial charge is 0.172 e. The molecule has 0 radical (unpaired) electrons. The lowest BCUT2D eigenvalue weighted by atomic mass is 10.00. The van der Waals surface area contributed by atoms with Crippen LogP contribution in [0.5, 0.6) is 0 Å². The number of nitrogens with zero attached hydrogens (tertiary/aromatic N) is 2. The Hall–Kier alpha value is -1.71. The fourth-order valence-corrected chi connectivity index (χ4v) is 2.85. The van der Waals surface area contributed by atoms with E-state index in [1.54, 1.807) is 0 Å². The molecule has 0 aliphatic rings. The molecule has 118 valence electrons. The zero-order valence-corrected chi connectivity index (χ0v) is 13.9. The molecular weight excluding hydrogens is 262 g/mol. The molecule has 0 aliphatic heterocycles. The maximum absolute atomic E-state index is 9.06. The summed E-state index contributed by atoms with van der Waals surface area (Å²) in [6.07, 6.45) is 2.15. The van der Waals surface area contributed by atoms with Crippen molar-refractivity contribution in [2.24, 2.45) is 16.8 Å². The summed E-state index contributed by atoms with van der Waals surface area (Å²) in [6.45, 7) is 11.9. The van der Waals surface area contributed by atoms with E-state index in [9.17, 15) is 0 Å². The number of oxime groups is 1. The van der Waals surface area contributed by atoms with E-state index in [4.69, 9.17) is 10.9 Å². The monoisotopic (exact) mass is 291 g/mol. The van der Waals surface area contributed by atoms with Gasteiger partial charge in [-0.15, -0.1) is 0 Å². The summed E-state index contributed by atoms with van der Waals surface area (Å²) in [4.78, 5) is 2.42. The van der Waals surface area contributed by atoms with E-state index in [-0.39, 0.29) is 5.84 Å². The number of anilines is 1. The summed E-state index contributed by atoms with van der Waals surface area (Å²) < 4.78 is 0. The maximum atomic E-state index is 9.06. The Balaban J connectivity index is 3.42. The van der Waals surface area contributed by atoms with Gasteiger partial charge in [0.05, 0.1) is 5.69 Å². The van der Waals surface area contributed by atoms with Crippen LogP contribution >= 0.6 is 0 Å². The van der Waals surface area contributed by atoms with Crippen molar-refractivity contribution < 1.29 is 5.21 Å². The first-order valence-electron chi connectivity index (χ1n) is 7.80. The molecule has 0 atom stereocenters. The Kier molecular flexibility index (Phi) is 6.53. The summed E-state index contributed by atoms with van der Waals surface area (Å²) in [7, 11) is 0. The van der Waals surface area contributed by atoms with Gasteiger partial charge in [0.15, 0.2) is 5.84 Å². The largest absolute Gasteiger partial charge is 0.409 e.